The number of hydrogen-bond donors (Lipinski definition) is 2. The largest absolute Gasteiger partial charge is 0.326 e. The first kappa shape index (κ1) is 20.3. The van der Waals surface area contributed by atoms with Gasteiger partial charge in [0.25, 0.3) is 0 Å². The minimum absolute atomic E-state index is 0.161. The van der Waals surface area contributed by atoms with Crippen LogP contribution < -0.4 is 10.6 Å². The van der Waals surface area contributed by atoms with Crippen molar-refractivity contribution < 1.29 is 4.79 Å². The van der Waals surface area contributed by atoms with Gasteiger partial charge in [0.1, 0.15) is 0 Å². The van der Waals surface area contributed by atoms with Gasteiger partial charge in [0, 0.05) is 24.7 Å². The molecular weight excluding hydrogens is 334 g/mol. The lowest BCUT2D eigenvalue weighted by Gasteiger charge is -2.31. The second-order valence-electron chi connectivity index (χ2n) is 8.68. The van der Waals surface area contributed by atoms with Gasteiger partial charge in [-0.3, -0.25) is 9.69 Å². The normalized spacial score (nSPS) is 20.6. The first-order valence-corrected chi connectivity index (χ1v) is 10.9. The number of nitrogens with zero attached hydrogens (tertiary/aromatic N) is 1. The number of benzene rings is 1. The molecule has 1 aliphatic heterocycles. The summed E-state index contributed by atoms with van der Waals surface area (Å²) in [6, 6.07) is 9.00. The second kappa shape index (κ2) is 10.2. The molecule has 1 aromatic rings. The van der Waals surface area contributed by atoms with Crippen molar-refractivity contribution in [3.63, 3.8) is 0 Å². The number of nitrogens with one attached hydrogen (secondary N) is 2. The third kappa shape index (κ3) is 6.05. The topological polar surface area (TPSA) is 44.4 Å². The van der Waals surface area contributed by atoms with Gasteiger partial charge in [-0.2, -0.15) is 0 Å². The van der Waals surface area contributed by atoms with E-state index in [-0.39, 0.29) is 5.91 Å². The molecule has 1 heterocycles. The van der Waals surface area contributed by atoms with Crippen LogP contribution in [0.1, 0.15) is 63.9 Å². The van der Waals surface area contributed by atoms with Crippen LogP contribution in [0.4, 0.5) is 5.69 Å². The maximum absolute atomic E-state index is 12.7. The molecule has 4 heteroatoms. The highest BCUT2D eigenvalue weighted by Gasteiger charge is 2.23. The number of rotatable bonds is 7. The molecule has 2 fully saturated rings. The van der Waals surface area contributed by atoms with E-state index in [1.54, 1.807) is 0 Å². The zero-order valence-electron chi connectivity index (χ0n) is 17.2. The standard InChI is InChI=1S/C23H37N3O/c1-18(19-12-14-24-15-13-19)16-23(27)25-22-11-7-6-8-20(22)17-26(2)21-9-4-3-5-10-21/h6-8,11,18-19,21,24H,3-5,9-10,12-17H2,1-2H3,(H,25,27). The number of carbonyl (C=O) groups excluding carboxylic acids is 1. The van der Waals surface area contributed by atoms with Crippen molar-refractivity contribution in [3.05, 3.63) is 29.8 Å². The Morgan fingerprint density at radius 1 is 1.15 bits per heavy atom. The second-order valence-corrected chi connectivity index (χ2v) is 8.68. The lowest BCUT2D eigenvalue weighted by atomic mass is 9.84. The van der Waals surface area contributed by atoms with E-state index in [0.717, 1.165) is 25.3 Å². The van der Waals surface area contributed by atoms with Gasteiger partial charge in [-0.05, 0) is 69.3 Å². The molecule has 4 nitrogen and oxygen atoms in total. The summed E-state index contributed by atoms with van der Waals surface area (Å²) in [5, 5.41) is 6.62. The highest BCUT2D eigenvalue weighted by Crippen LogP contribution is 2.27. The van der Waals surface area contributed by atoms with E-state index < -0.39 is 0 Å². The Hall–Kier alpha value is -1.39. The Morgan fingerprint density at radius 3 is 2.59 bits per heavy atom. The molecule has 1 saturated carbocycles. The molecule has 0 spiro atoms. The van der Waals surface area contributed by atoms with Crippen LogP contribution in [-0.4, -0.2) is 37.0 Å². The molecule has 1 saturated heterocycles. The molecular formula is C23H37N3O. The summed E-state index contributed by atoms with van der Waals surface area (Å²) in [7, 11) is 2.23. The van der Waals surface area contributed by atoms with Crippen LogP contribution >= 0.6 is 0 Å². The number of carbonyl (C=O) groups is 1. The first-order valence-electron chi connectivity index (χ1n) is 10.9. The number of para-hydroxylation sites is 1. The van der Waals surface area contributed by atoms with Crippen LogP contribution in [0.3, 0.4) is 0 Å². The molecule has 0 radical (unpaired) electrons. The Kier molecular flexibility index (Phi) is 7.71. The lowest BCUT2D eigenvalue weighted by molar-refractivity contribution is -0.117. The van der Waals surface area contributed by atoms with Crippen molar-refractivity contribution in [3.8, 4) is 0 Å². The molecule has 1 atom stereocenters. The summed E-state index contributed by atoms with van der Waals surface area (Å²) in [5.74, 6) is 1.28. The van der Waals surface area contributed by atoms with Gasteiger partial charge in [0.15, 0.2) is 0 Å². The zero-order chi connectivity index (χ0) is 19.1. The molecule has 0 bridgehead atoms. The van der Waals surface area contributed by atoms with Crippen molar-refractivity contribution in [2.75, 3.05) is 25.5 Å². The van der Waals surface area contributed by atoms with Crippen LogP contribution in [0.2, 0.25) is 0 Å². The fourth-order valence-corrected chi connectivity index (χ4v) is 4.77. The maximum atomic E-state index is 12.7. The summed E-state index contributed by atoms with van der Waals surface area (Å²) in [5.41, 5.74) is 2.22. The Morgan fingerprint density at radius 2 is 1.85 bits per heavy atom. The fraction of sp³-hybridized carbons (Fsp3) is 0.696. The van der Waals surface area contributed by atoms with E-state index in [4.69, 9.17) is 0 Å². The molecule has 150 valence electrons. The summed E-state index contributed by atoms with van der Waals surface area (Å²) < 4.78 is 0. The molecule has 1 aromatic carbocycles. The average molecular weight is 372 g/mol. The van der Waals surface area contributed by atoms with Crippen LogP contribution in [-0.2, 0) is 11.3 Å². The van der Waals surface area contributed by atoms with Crippen molar-refractivity contribution in [2.24, 2.45) is 11.8 Å². The maximum Gasteiger partial charge on any atom is 0.224 e. The Bertz CT molecular complexity index is 591. The number of amides is 1. The number of hydrogen-bond acceptors (Lipinski definition) is 3. The molecule has 2 N–H and O–H groups in total. The molecule has 27 heavy (non-hydrogen) atoms. The summed E-state index contributed by atoms with van der Waals surface area (Å²) in [6.07, 6.45) is 9.69. The van der Waals surface area contributed by atoms with E-state index in [0.29, 0.717) is 24.3 Å². The van der Waals surface area contributed by atoms with Crippen molar-refractivity contribution in [2.45, 2.75) is 70.9 Å². The van der Waals surface area contributed by atoms with Crippen molar-refractivity contribution in [1.29, 1.82) is 0 Å². The van der Waals surface area contributed by atoms with Crippen LogP contribution in [0.25, 0.3) is 0 Å². The van der Waals surface area contributed by atoms with Gasteiger partial charge in [-0.25, -0.2) is 0 Å². The van der Waals surface area contributed by atoms with E-state index in [1.807, 2.05) is 6.07 Å². The van der Waals surface area contributed by atoms with E-state index in [2.05, 4.69) is 47.7 Å². The molecule has 1 amide bonds. The van der Waals surface area contributed by atoms with Crippen LogP contribution in [0, 0.1) is 11.8 Å². The Balaban J connectivity index is 1.55. The highest BCUT2D eigenvalue weighted by molar-refractivity contribution is 5.91. The van der Waals surface area contributed by atoms with E-state index in [1.165, 1.54) is 50.5 Å². The zero-order valence-corrected chi connectivity index (χ0v) is 17.2. The molecule has 1 unspecified atom stereocenters. The predicted molar refractivity (Wildman–Crippen MR) is 113 cm³/mol. The van der Waals surface area contributed by atoms with Gasteiger partial charge >= 0.3 is 0 Å². The smallest absolute Gasteiger partial charge is 0.224 e. The molecule has 0 aromatic heterocycles. The minimum Gasteiger partial charge on any atom is -0.326 e. The third-order valence-electron chi connectivity index (χ3n) is 6.61. The molecule has 2 aliphatic rings. The SMILES string of the molecule is CC(CC(=O)Nc1ccccc1CN(C)C1CCCCC1)C1CCNCC1. The van der Waals surface area contributed by atoms with Gasteiger partial charge in [0.2, 0.25) is 5.91 Å². The van der Waals surface area contributed by atoms with Gasteiger partial charge in [-0.15, -0.1) is 0 Å². The number of piperidine rings is 1. The van der Waals surface area contributed by atoms with Crippen LogP contribution in [0.5, 0.6) is 0 Å². The van der Waals surface area contributed by atoms with E-state index >= 15 is 0 Å². The van der Waals surface area contributed by atoms with Crippen molar-refractivity contribution in [1.82, 2.24) is 10.2 Å². The Labute approximate surface area is 165 Å². The average Bonchev–Trinajstić information content (AvgIpc) is 2.70. The molecule has 3 rings (SSSR count). The summed E-state index contributed by atoms with van der Waals surface area (Å²) in [6.45, 7) is 5.32. The first-order chi connectivity index (χ1) is 13.1. The highest BCUT2D eigenvalue weighted by atomic mass is 16.1. The molecule has 1 aliphatic carbocycles. The fourth-order valence-electron chi connectivity index (χ4n) is 4.77. The predicted octanol–water partition coefficient (Wildman–Crippen LogP) is 4.42. The monoisotopic (exact) mass is 371 g/mol. The van der Waals surface area contributed by atoms with E-state index in [9.17, 15) is 4.79 Å². The van der Waals surface area contributed by atoms with Gasteiger partial charge < -0.3 is 10.6 Å². The van der Waals surface area contributed by atoms with Crippen molar-refractivity contribution >= 4 is 11.6 Å². The quantitative estimate of drug-likeness (QED) is 0.746. The van der Waals surface area contributed by atoms with Crippen LogP contribution in [0.15, 0.2) is 24.3 Å². The van der Waals surface area contributed by atoms with Gasteiger partial charge in [-0.1, -0.05) is 44.4 Å². The lowest BCUT2D eigenvalue weighted by Crippen LogP contribution is -2.33. The summed E-state index contributed by atoms with van der Waals surface area (Å²) in [4.78, 5) is 15.1. The third-order valence-corrected chi connectivity index (χ3v) is 6.61. The minimum atomic E-state index is 0.161. The number of anilines is 1. The van der Waals surface area contributed by atoms with Gasteiger partial charge in [0.05, 0.1) is 0 Å². The summed E-state index contributed by atoms with van der Waals surface area (Å²) >= 11 is 0.